The molecule has 18 heavy (non-hydrogen) atoms. The fourth-order valence-corrected chi connectivity index (χ4v) is 2.37. The molecule has 2 aromatic rings. The predicted molar refractivity (Wildman–Crippen MR) is 74.1 cm³/mol. The molecule has 0 aromatic carbocycles. The van der Waals surface area contributed by atoms with Gasteiger partial charge in [0, 0.05) is 12.4 Å². The van der Waals surface area contributed by atoms with Crippen molar-refractivity contribution in [3.8, 4) is 0 Å². The van der Waals surface area contributed by atoms with Crippen LogP contribution in [0.25, 0.3) is 0 Å². The lowest BCUT2D eigenvalue weighted by Crippen LogP contribution is -2.18. The van der Waals surface area contributed by atoms with Gasteiger partial charge in [-0.25, -0.2) is 9.97 Å². The third kappa shape index (κ3) is 2.98. The first-order valence-corrected chi connectivity index (χ1v) is 6.74. The van der Waals surface area contributed by atoms with E-state index in [4.69, 9.17) is 16.7 Å². The van der Waals surface area contributed by atoms with Gasteiger partial charge >= 0.3 is 0 Å². The van der Waals surface area contributed by atoms with E-state index in [0.29, 0.717) is 17.3 Å². The van der Waals surface area contributed by atoms with Crippen molar-refractivity contribution in [2.45, 2.75) is 20.1 Å². The molecule has 0 atom stereocenters. The standard InChI is InChI=1S/C12H14ClN3OS/c1-8-14-9(7-18-8)5-16(2)12-4-3-10(13)11(6-17)15-12/h3-4,7,17H,5-6H2,1-2H3. The maximum Gasteiger partial charge on any atom is 0.129 e. The van der Waals surface area contributed by atoms with Crippen molar-refractivity contribution in [2.24, 2.45) is 0 Å². The number of halogens is 1. The molecular formula is C12H14ClN3OS. The average Bonchev–Trinajstić information content (AvgIpc) is 2.75. The Labute approximate surface area is 115 Å². The lowest BCUT2D eigenvalue weighted by molar-refractivity contribution is 0.277. The van der Waals surface area contributed by atoms with Crippen LogP contribution in [-0.4, -0.2) is 22.1 Å². The molecule has 0 spiro atoms. The van der Waals surface area contributed by atoms with Gasteiger partial charge in [0.1, 0.15) is 5.82 Å². The van der Waals surface area contributed by atoms with Gasteiger partial charge < -0.3 is 10.0 Å². The third-order valence-corrected chi connectivity index (χ3v) is 3.68. The van der Waals surface area contributed by atoms with Gasteiger partial charge in [0.05, 0.1) is 34.6 Å². The zero-order valence-corrected chi connectivity index (χ0v) is 11.8. The van der Waals surface area contributed by atoms with Crippen LogP contribution in [0.15, 0.2) is 17.5 Å². The van der Waals surface area contributed by atoms with Crippen LogP contribution in [0.1, 0.15) is 16.4 Å². The largest absolute Gasteiger partial charge is 0.390 e. The van der Waals surface area contributed by atoms with Gasteiger partial charge in [0.2, 0.25) is 0 Å². The summed E-state index contributed by atoms with van der Waals surface area (Å²) in [5.74, 6) is 0.772. The van der Waals surface area contributed by atoms with Crippen LogP contribution in [0.5, 0.6) is 0 Å². The van der Waals surface area contributed by atoms with E-state index in [2.05, 4.69) is 9.97 Å². The molecule has 4 nitrogen and oxygen atoms in total. The molecule has 96 valence electrons. The van der Waals surface area contributed by atoms with Crippen LogP contribution in [0, 0.1) is 6.92 Å². The molecule has 2 heterocycles. The number of hydrogen-bond acceptors (Lipinski definition) is 5. The quantitative estimate of drug-likeness (QED) is 0.937. The van der Waals surface area contributed by atoms with Gasteiger partial charge in [-0.2, -0.15) is 0 Å². The molecule has 0 bridgehead atoms. The van der Waals surface area contributed by atoms with Crippen LogP contribution in [-0.2, 0) is 13.2 Å². The average molecular weight is 284 g/mol. The van der Waals surface area contributed by atoms with Crippen molar-refractivity contribution in [2.75, 3.05) is 11.9 Å². The zero-order valence-electron chi connectivity index (χ0n) is 10.2. The van der Waals surface area contributed by atoms with Gasteiger partial charge in [-0.1, -0.05) is 11.6 Å². The molecular weight excluding hydrogens is 270 g/mol. The molecule has 2 rings (SSSR count). The number of thiazole rings is 1. The topological polar surface area (TPSA) is 49.2 Å². The molecule has 1 N–H and O–H groups in total. The Hall–Kier alpha value is -1.17. The Morgan fingerprint density at radius 2 is 2.17 bits per heavy atom. The second kappa shape index (κ2) is 5.65. The molecule has 0 saturated heterocycles. The highest BCUT2D eigenvalue weighted by Gasteiger charge is 2.08. The minimum Gasteiger partial charge on any atom is -0.390 e. The van der Waals surface area contributed by atoms with Crippen LogP contribution in [0.3, 0.4) is 0 Å². The first-order valence-electron chi connectivity index (χ1n) is 5.48. The summed E-state index contributed by atoms with van der Waals surface area (Å²) >= 11 is 7.55. The van der Waals surface area contributed by atoms with Gasteiger partial charge in [-0.05, 0) is 19.1 Å². The predicted octanol–water partition coefficient (Wildman–Crippen LogP) is 2.63. The molecule has 6 heteroatoms. The fraction of sp³-hybridized carbons (Fsp3) is 0.333. The van der Waals surface area contributed by atoms with Crippen molar-refractivity contribution in [1.82, 2.24) is 9.97 Å². The first-order chi connectivity index (χ1) is 8.60. The number of nitrogens with zero attached hydrogens (tertiary/aromatic N) is 3. The van der Waals surface area contributed by atoms with E-state index in [1.807, 2.05) is 30.3 Å². The van der Waals surface area contributed by atoms with E-state index < -0.39 is 0 Å². The lowest BCUT2D eigenvalue weighted by Gasteiger charge is -2.17. The second-order valence-electron chi connectivity index (χ2n) is 3.97. The summed E-state index contributed by atoms with van der Waals surface area (Å²) in [5, 5.41) is 12.7. The molecule has 0 aliphatic heterocycles. The van der Waals surface area contributed by atoms with Crippen molar-refractivity contribution in [3.63, 3.8) is 0 Å². The zero-order chi connectivity index (χ0) is 13.1. The van der Waals surface area contributed by atoms with Crippen molar-refractivity contribution < 1.29 is 5.11 Å². The number of pyridine rings is 1. The van der Waals surface area contributed by atoms with E-state index in [1.165, 1.54) is 0 Å². The summed E-state index contributed by atoms with van der Waals surface area (Å²) in [6.45, 7) is 2.51. The summed E-state index contributed by atoms with van der Waals surface area (Å²) in [6.07, 6.45) is 0. The molecule has 0 aliphatic rings. The molecule has 0 fully saturated rings. The summed E-state index contributed by atoms with van der Waals surface area (Å²) in [7, 11) is 1.94. The minimum absolute atomic E-state index is 0.156. The third-order valence-electron chi connectivity index (χ3n) is 2.51. The van der Waals surface area contributed by atoms with Crippen LogP contribution >= 0.6 is 22.9 Å². The van der Waals surface area contributed by atoms with Crippen LogP contribution < -0.4 is 4.90 Å². The molecule has 0 amide bonds. The highest BCUT2D eigenvalue weighted by Crippen LogP contribution is 2.20. The van der Waals surface area contributed by atoms with Crippen LogP contribution in [0.2, 0.25) is 5.02 Å². The first kappa shape index (κ1) is 13.3. The molecule has 0 unspecified atom stereocenters. The Balaban J connectivity index is 2.15. The van der Waals surface area contributed by atoms with Gasteiger partial charge in [-0.3, -0.25) is 0 Å². The van der Waals surface area contributed by atoms with Crippen molar-refractivity contribution in [1.29, 1.82) is 0 Å². The molecule has 0 radical (unpaired) electrons. The normalized spacial score (nSPS) is 10.7. The van der Waals surface area contributed by atoms with E-state index in [9.17, 15) is 0 Å². The highest BCUT2D eigenvalue weighted by molar-refractivity contribution is 7.09. The van der Waals surface area contributed by atoms with E-state index >= 15 is 0 Å². The van der Waals surface area contributed by atoms with E-state index in [0.717, 1.165) is 16.5 Å². The monoisotopic (exact) mass is 283 g/mol. The minimum atomic E-state index is -0.156. The number of hydrogen-bond donors (Lipinski definition) is 1. The van der Waals surface area contributed by atoms with Crippen LogP contribution in [0.4, 0.5) is 5.82 Å². The van der Waals surface area contributed by atoms with Crippen molar-refractivity contribution in [3.05, 3.63) is 38.9 Å². The summed E-state index contributed by atoms with van der Waals surface area (Å²) in [5.41, 5.74) is 1.51. The van der Waals surface area contributed by atoms with E-state index in [1.54, 1.807) is 17.4 Å². The summed E-state index contributed by atoms with van der Waals surface area (Å²) in [4.78, 5) is 10.7. The Kier molecular flexibility index (Phi) is 4.16. The number of anilines is 1. The number of aromatic nitrogens is 2. The fourth-order valence-electron chi connectivity index (χ4n) is 1.60. The smallest absolute Gasteiger partial charge is 0.129 e. The molecule has 0 saturated carbocycles. The maximum atomic E-state index is 9.14. The summed E-state index contributed by atoms with van der Waals surface area (Å²) < 4.78 is 0. The summed E-state index contributed by atoms with van der Waals surface area (Å²) in [6, 6.07) is 3.58. The maximum absolute atomic E-state index is 9.14. The number of aryl methyl sites for hydroxylation is 1. The van der Waals surface area contributed by atoms with Crippen molar-refractivity contribution >= 4 is 28.8 Å². The highest BCUT2D eigenvalue weighted by atomic mass is 35.5. The van der Waals surface area contributed by atoms with Gasteiger partial charge in [0.15, 0.2) is 0 Å². The Bertz CT molecular complexity index is 544. The van der Waals surface area contributed by atoms with Gasteiger partial charge in [0.25, 0.3) is 0 Å². The second-order valence-corrected chi connectivity index (χ2v) is 5.44. The Morgan fingerprint density at radius 3 is 2.78 bits per heavy atom. The number of rotatable bonds is 4. The molecule has 2 aromatic heterocycles. The van der Waals surface area contributed by atoms with Gasteiger partial charge in [-0.15, -0.1) is 11.3 Å². The molecule has 0 aliphatic carbocycles. The number of aliphatic hydroxyl groups excluding tert-OH is 1. The SMILES string of the molecule is Cc1nc(CN(C)c2ccc(Cl)c(CO)n2)cs1. The Morgan fingerprint density at radius 1 is 1.39 bits per heavy atom. The van der Waals surface area contributed by atoms with E-state index in [-0.39, 0.29) is 6.61 Å². The number of aliphatic hydroxyl groups is 1. The lowest BCUT2D eigenvalue weighted by atomic mass is 10.3.